The van der Waals surface area contributed by atoms with Crippen LogP contribution >= 0.6 is 0 Å². The molecule has 30 atom stereocenters. The number of aliphatic hydroxyl groups is 18. The largest absolute Gasteiger partial charge is 0.394 e. The second kappa shape index (κ2) is 22.1. The van der Waals surface area contributed by atoms with E-state index in [9.17, 15) is 91.9 Å². The van der Waals surface area contributed by atoms with Gasteiger partial charge in [0.2, 0.25) is 0 Å². The van der Waals surface area contributed by atoms with Crippen LogP contribution in [0.5, 0.6) is 0 Å². The molecular weight excluding hydrogens is 912 g/mol. The molecule has 0 aliphatic carbocycles. The quantitative estimate of drug-likeness (QED) is 0.117. The van der Waals surface area contributed by atoms with Crippen molar-refractivity contribution >= 4 is 0 Å². The Morgan fingerprint density at radius 3 is 0.409 bits per heavy atom. The Morgan fingerprint density at radius 1 is 0.182 bits per heavy atom. The van der Waals surface area contributed by atoms with Gasteiger partial charge in [0, 0.05) is 0 Å². The summed E-state index contributed by atoms with van der Waals surface area (Å²) in [4.78, 5) is 0. The van der Waals surface area contributed by atoms with E-state index in [2.05, 4.69) is 0 Å². The maximum Gasteiger partial charge on any atom is 0.187 e. The van der Waals surface area contributed by atoms with Crippen molar-refractivity contribution < 1.29 is 149 Å². The summed E-state index contributed by atoms with van der Waals surface area (Å²) < 4.78 is 67.9. The second-order valence-electron chi connectivity index (χ2n) is 16.8. The molecule has 22 saturated heterocycles. The summed E-state index contributed by atoms with van der Waals surface area (Å²) in [6.07, 6.45) is -58.5. The van der Waals surface area contributed by atoms with Crippen molar-refractivity contribution in [2.24, 2.45) is 0 Å². The normalized spacial score (nSPS) is 55.4. The Balaban J connectivity index is 1.19. The molecular formula is C36H60O30. The van der Waals surface area contributed by atoms with E-state index in [-0.39, 0.29) is 0 Å². The lowest BCUT2D eigenvalue weighted by molar-refractivity contribution is -0.404. The van der Waals surface area contributed by atoms with Gasteiger partial charge in [-0.3, -0.25) is 0 Å². The molecule has 18 N–H and O–H groups in total. The average Bonchev–Trinajstić information content (AvgIpc) is 3.31. The van der Waals surface area contributed by atoms with Crippen LogP contribution in [0.25, 0.3) is 0 Å². The Labute approximate surface area is 372 Å². The summed E-state index contributed by atoms with van der Waals surface area (Å²) in [7, 11) is 0. The molecule has 14 unspecified atom stereocenters. The molecule has 0 saturated carbocycles. The fourth-order valence-electron chi connectivity index (χ4n) is 8.93. The van der Waals surface area contributed by atoms with Crippen molar-refractivity contribution in [3.63, 3.8) is 0 Å². The molecule has 384 valence electrons. The molecule has 22 heterocycles. The zero-order valence-corrected chi connectivity index (χ0v) is 34.5. The first-order valence-corrected chi connectivity index (χ1v) is 21.1. The van der Waals surface area contributed by atoms with E-state index in [0.717, 1.165) is 0 Å². The standard InChI is InChI=1S/C36H60O30/c37-1-7-25-13(43)19(49)31(55-7)62-26-8(2-38)57-33(21(51)15(26)45)64-28-10(4-40)59-35(23(53)17(28)47)66-30-12(6-42)60-36(24(54)18(30)48)65-29-11(5-41)58-34(22(52)16(29)46)63-27-9(3-39)56-32(61-25)20(50)14(27)44/h7-54H,1-6H2/t7?,8?,9?,10?,11?,12?,13-,14-,15-,16-,17-,18?,19?,20?,21?,22?,23?,24?,25-,26-,27-,28-,29-,30?,31-,32-,33-,34-,35-,36-/m1/s1. The van der Waals surface area contributed by atoms with Crippen LogP contribution in [0.3, 0.4) is 0 Å². The van der Waals surface area contributed by atoms with E-state index in [1.54, 1.807) is 0 Å². The first-order valence-electron chi connectivity index (χ1n) is 21.1. The minimum atomic E-state index is -2.15. The van der Waals surface area contributed by atoms with Crippen molar-refractivity contribution in [1.29, 1.82) is 0 Å². The Kier molecular flexibility index (Phi) is 17.6. The molecule has 0 aromatic rings. The molecule has 0 aromatic heterocycles. The van der Waals surface area contributed by atoms with Gasteiger partial charge in [-0.1, -0.05) is 0 Å². The lowest BCUT2D eigenvalue weighted by Crippen LogP contribution is -2.69. The van der Waals surface area contributed by atoms with Gasteiger partial charge in [0.15, 0.2) is 37.7 Å². The third kappa shape index (κ3) is 10.0. The predicted molar refractivity (Wildman–Crippen MR) is 196 cm³/mol. The van der Waals surface area contributed by atoms with Crippen LogP contribution in [0.4, 0.5) is 0 Å². The Hall–Kier alpha value is -1.20. The fraction of sp³-hybridized carbons (Fsp3) is 1.00. The van der Waals surface area contributed by atoms with Crippen LogP contribution in [-0.4, -0.2) is 316 Å². The van der Waals surface area contributed by atoms with Gasteiger partial charge >= 0.3 is 0 Å². The fourth-order valence-corrected chi connectivity index (χ4v) is 8.93. The lowest BCUT2D eigenvalue weighted by atomic mass is 9.94. The highest BCUT2D eigenvalue weighted by atomic mass is 16.8. The summed E-state index contributed by atoms with van der Waals surface area (Å²) in [6, 6.07) is 0. The molecule has 66 heavy (non-hydrogen) atoms. The van der Waals surface area contributed by atoms with Gasteiger partial charge in [0.05, 0.1) is 39.6 Å². The van der Waals surface area contributed by atoms with E-state index < -0.39 is 224 Å². The molecule has 22 rings (SSSR count). The van der Waals surface area contributed by atoms with Crippen molar-refractivity contribution in [2.45, 2.75) is 184 Å². The van der Waals surface area contributed by atoms with Crippen molar-refractivity contribution in [3.8, 4) is 0 Å². The SMILES string of the molecule is OCC1O[C@@H]2O[C@@H]3C(CO)O[C@H](O[C@@H]4C(CO)O[C@H](O[C@@H]5C(CO)O[C@H](O[C@@H]6C(CO)O[C@H](O[C@@H]7C(CO)O[C@H](OC1C(O)C2O)C(O)[C@H]7O)C(O)[C@H]6O)C(O)[C@H]5O)C(O)[C@H]4O)C(O)[C@H]3O. The second-order valence-corrected chi connectivity index (χ2v) is 16.8. The highest BCUT2D eigenvalue weighted by Gasteiger charge is 2.58. The molecule has 0 spiro atoms. The third-order valence-corrected chi connectivity index (χ3v) is 12.7. The molecule has 30 heteroatoms. The first kappa shape index (κ1) is 52.6. The van der Waals surface area contributed by atoms with E-state index in [4.69, 9.17) is 56.8 Å². The lowest BCUT2D eigenvalue weighted by Gasteiger charge is -2.50. The minimum Gasteiger partial charge on any atom is -0.394 e. The summed E-state index contributed by atoms with van der Waals surface area (Å²) in [6.45, 7) is -5.99. The van der Waals surface area contributed by atoms with Crippen LogP contribution in [0.2, 0.25) is 0 Å². The van der Waals surface area contributed by atoms with Gasteiger partial charge in [-0.2, -0.15) is 0 Å². The monoisotopic (exact) mass is 972 g/mol. The average molecular weight is 973 g/mol. The Bertz CT molecular complexity index is 1230. The van der Waals surface area contributed by atoms with Crippen LogP contribution in [0, 0.1) is 0 Å². The number of rotatable bonds is 6. The smallest absolute Gasteiger partial charge is 0.187 e. The molecule has 22 aliphatic heterocycles. The summed E-state index contributed by atoms with van der Waals surface area (Å²) in [5.41, 5.74) is 0. The van der Waals surface area contributed by atoms with E-state index in [1.165, 1.54) is 0 Å². The molecule has 30 nitrogen and oxygen atoms in total. The van der Waals surface area contributed by atoms with Gasteiger partial charge in [0.25, 0.3) is 0 Å². The topological polar surface area (TPSA) is 475 Å². The van der Waals surface area contributed by atoms with Gasteiger partial charge in [0.1, 0.15) is 146 Å². The molecule has 22 aliphatic rings. The summed E-state index contributed by atoms with van der Waals surface area (Å²) in [5, 5.41) is 196. The zero-order valence-electron chi connectivity index (χ0n) is 34.5. The molecule has 0 radical (unpaired) electrons. The van der Waals surface area contributed by atoms with Crippen LogP contribution in [0.15, 0.2) is 0 Å². The van der Waals surface area contributed by atoms with E-state index in [0.29, 0.717) is 0 Å². The summed E-state index contributed by atoms with van der Waals surface area (Å²) >= 11 is 0. The van der Waals surface area contributed by atoms with Crippen molar-refractivity contribution in [1.82, 2.24) is 0 Å². The van der Waals surface area contributed by atoms with Gasteiger partial charge < -0.3 is 149 Å². The number of hydrogen-bond donors (Lipinski definition) is 18. The van der Waals surface area contributed by atoms with Crippen molar-refractivity contribution in [3.05, 3.63) is 0 Å². The minimum absolute atomic E-state index is 0.999. The number of hydrogen-bond acceptors (Lipinski definition) is 30. The molecule has 0 aromatic carbocycles. The highest BCUT2D eigenvalue weighted by molar-refractivity contribution is 5.01. The highest BCUT2D eigenvalue weighted by Crippen LogP contribution is 2.38. The van der Waals surface area contributed by atoms with Crippen LogP contribution in [0.1, 0.15) is 0 Å². The van der Waals surface area contributed by atoms with Gasteiger partial charge in [-0.25, -0.2) is 0 Å². The third-order valence-electron chi connectivity index (χ3n) is 12.7. The van der Waals surface area contributed by atoms with E-state index >= 15 is 0 Å². The van der Waals surface area contributed by atoms with Crippen LogP contribution < -0.4 is 0 Å². The molecule has 12 bridgehead atoms. The zero-order chi connectivity index (χ0) is 48.0. The van der Waals surface area contributed by atoms with Gasteiger partial charge in [-0.15, -0.1) is 0 Å². The molecule has 22 fully saturated rings. The predicted octanol–water partition coefficient (Wildman–Crippen LogP) is -13.1. The number of ether oxygens (including phenoxy) is 12. The summed E-state index contributed by atoms with van der Waals surface area (Å²) in [5.74, 6) is 0. The number of aliphatic hydroxyl groups excluding tert-OH is 18. The van der Waals surface area contributed by atoms with Crippen LogP contribution in [-0.2, 0) is 56.8 Å². The van der Waals surface area contributed by atoms with Gasteiger partial charge in [-0.05, 0) is 0 Å². The maximum atomic E-state index is 11.2. The maximum absolute atomic E-state index is 11.2. The Morgan fingerprint density at radius 2 is 0.303 bits per heavy atom. The molecule has 0 amide bonds. The van der Waals surface area contributed by atoms with Crippen molar-refractivity contribution in [2.75, 3.05) is 39.6 Å². The van der Waals surface area contributed by atoms with E-state index in [1.807, 2.05) is 0 Å². The first-order chi connectivity index (χ1) is 31.4.